The number of fused-ring (bicyclic) bond motifs is 3. The van der Waals surface area contributed by atoms with Gasteiger partial charge in [-0.2, -0.15) is 0 Å². The zero-order chi connectivity index (χ0) is 14.4. The van der Waals surface area contributed by atoms with E-state index < -0.39 is 0 Å². The molecule has 0 unspecified atom stereocenters. The molecule has 21 heavy (non-hydrogen) atoms. The quantitative estimate of drug-likeness (QED) is 0.422. The average Bonchev–Trinajstić information content (AvgIpc) is 2.84. The van der Waals surface area contributed by atoms with E-state index in [0.29, 0.717) is 0 Å². The molecule has 0 spiro atoms. The Morgan fingerprint density at radius 3 is 2.10 bits per heavy atom. The Bertz CT molecular complexity index is 943. The molecule has 4 rings (SSSR count). The van der Waals surface area contributed by atoms with Crippen molar-refractivity contribution in [2.45, 2.75) is 13.8 Å². The van der Waals surface area contributed by atoms with Crippen LogP contribution in [-0.4, -0.2) is 0 Å². The zero-order valence-corrected chi connectivity index (χ0v) is 12.2. The number of hydrogen-bond acceptors (Lipinski definition) is 1. The van der Waals surface area contributed by atoms with Crippen LogP contribution in [0.25, 0.3) is 33.1 Å². The normalized spacial score (nSPS) is 11.3. The van der Waals surface area contributed by atoms with Gasteiger partial charge in [0.2, 0.25) is 0 Å². The minimum absolute atomic E-state index is 0.950. The van der Waals surface area contributed by atoms with Crippen molar-refractivity contribution in [3.63, 3.8) is 0 Å². The van der Waals surface area contributed by atoms with Crippen LogP contribution in [0.5, 0.6) is 0 Å². The molecule has 102 valence electrons. The maximum absolute atomic E-state index is 5.94. The molecule has 0 N–H and O–H groups in total. The van der Waals surface area contributed by atoms with E-state index in [-0.39, 0.29) is 0 Å². The maximum atomic E-state index is 5.94. The predicted molar refractivity (Wildman–Crippen MR) is 88.6 cm³/mol. The minimum Gasteiger partial charge on any atom is -0.456 e. The van der Waals surface area contributed by atoms with Gasteiger partial charge in [0.1, 0.15) is 11.2 Å². The number of hydrogen-bond donors (Lipinski definition) is 0. The molecule has 0 amide bonds. The molecule has 3 aromatic carbocycles. The van der Waals surface area contributed by atoms with Crippen molar-refractivity contribution in [3.05, 3.63) is 71.8 Å². The lowest BCUT2D eigenvalue weighted by Gasteiger charge is -2.02. The molecule has 0 saturated heterocycles. The molecule has 0 bridgehead atoms. The Balaban J connectivity index is 1.96. The summed E-state index contributed by atoms with van der Waals surface area (Å²) in [4.78, 5) is 0. The van der Waals surface area contributed by atoms with Gasteiger partial charge in [0.05, 0.1) is 0 Å². The van der Waals surface area contributed by atoms with Crippen LogP contribution in [0.3, 0.4) is 0 Å². The van der Waals surface area contributed by atoms with Crippen LogP contribution in [0, 0.1) is 13.8 Å². The summed E-state index contributed by atoms with van der Waals surface area (Å²) >= 11 is 0. The van der Waals surface area contributed by atoms with Gasteiger partial charge in [-0.1, -0.05) is 48.0 Å². The van der Waals surface area contributed by atoms with Gasteiger partial charge in [-0.3, -0.25) is 0 Å². The molecule has 4 aromatic rings. The minimum atomic E-state index is 0.950. The van der Waals surface area contributed by atoms with E-state index in [1.165, 1.54) is 33.0 Å². The fourth-order valence-electron chi connectivity index (χ4n) is 2.81. The summed E-state index contributed by atoms with van der Waals surface area (Å²) in [6.07, 6.45) is 0. The largest absolute Gasteiger partial charge is 0.456 e. The summed E-state index contributed by atoms with van der Waals surface area (Å²) in [5.74, 6) is 0. The summed E-state index contributed by atoms with van der Waals surface area (Å²) in [5.41, 5.74) is 6.89. The Labute approximate surface area is 123 Å². The monoisotopic (exact) mass is 272 g/mol. The molecule has 0 aliphatic rings. The second-order valence-electron chi connectivity index (χ2n) is 5.68. The second kappa shape index (κ2) is 4.49. The van der Waals surface area contributed by atoms with E-state index in [9.17, 15) is 0 Å². The first-order valence-electron chi connectivity index (χ1n) is 7.21. The number of benzene rings is 3. The van der Waals surface area contributed by atoms with Crippen molar-refractivity contribution < 1.29 is 4.42 Å². The number of rotatable bonds is 1. The SMILES string of the molecule is Cc1ccc(-c2ccc3oc4cc(C)ccc4c3c2)cc1. The molecule has 1 nitrogen and oxygen atoms in total. The van der Waals surface area contributed by atoms with Gasteiger partial charge < -0.3 is 4.42 Å². The van der Waals surface area contributed by atoms with E-state index in [2.05, 4.69) is 74.5 Å². The highest BCUT2D eigenvalue weighted by atomic mass is 16.3. The van der Waals surface area contributed by atoms with Crippen LogP contribution in [-0.2, 0) is 0 Å². The number of aryl methyl sites for hydroxylation is 2. The third-order valence-electron chi connectivity index (χ3n) is 4.01. The van der Waals surface area contributed by atoms with Crippen molar-refractivity contribution in [1.82, 2.24) is 0 Å². The van der Waals surface area contributed by atoms with Crippen LogP contribution >= 0.6 is 0 Å². The van der Waals surface area contributed by atoms with Crippen molar-refractivity contribution in [2.24, 2.45) is 0 Å². The van der Waals surface area contributed by atoms with Gasteiger partial charge >= 0.3 is 0 Å². The Morgan fingerprint density at radius 2 is 1.29 bits per heavy atom. The highest BCUT2D eigenvalue weighted by Gasteiger charge is 2.08. The summed E-state index contributed by atoms with van der Waals surface area (Å²) in [7, 11) is 0. The highest BCUT2D eigenvalue weighted by molar-refractivity contribution is 6.06. The van der Waals surface area contributed by atoms with Crippen molar-refractivity contribution >= 4 is 21.9 Å². The van der Waals surface area contributed by atoms with Crippen molar-refractivity contribution in [2.75, 3.05) is 0 Å². The lowest BCUT2D eigenvalue weighted by Crippen LogP contribution is -1.78. The van der Waals surface area contributed by atoms with Crippen LogP contribution < -0.4 is 0 Å². The van der Waals surface area contributed by atoms with Gasteiger partial charge in [0.15, 0.2) is 0 Å². The maximum Gasteiger partial charge on any atom is 0.135 e. The Morgan fingerprint density at radius 1 is 0.571 bits per heavy atom. The first-order chi connectivity index (χ1) is 10.2. The predicted octanol–water partition coefficient (Wildman–Crippen LogP) is 5.87. The standard InChI is InChI=1S/C20H16O/c1-13-3-6-15(7-4-13)16-8-10-19-18(12-16)17-9-5-14(2)11-20(17)21-19/h3-12H,1-2H3. The van der Waals surface area contributed by atoms with Gasteiger partial charge in [-0.25, -0.2) is 0 Å². The molecule has 0 aliphatic carbocycles. The van der Waals surface area contributed by atoms with Crippen molar-refractivity contribution in [3.8, 4) is 11.1 Å². The average molecular weight is 272 g/mol. The molecule has 1 heterocycles. The molecule has 0 radical (unpaired) electrons. The fraction of sp³-hybridized carbons (Fsp3) is 0.100. The summed E-state index contributed by atoms with van der Waals surface area (Å²) in [6.45, 7) is 4.20. The first-order valence-corrected chi connectivity index (χ1v) is 7.21. The van der Waals surface area contributed by atoms with E-state index >= 15 is 0 Å². The van der Waals surface area contributed by atoms with E-state index in [1.54, 1.807) is 0 Å². The third-order valence-corrected chi connectivity index (χ3v) is 4.01. The molecular formula is C20H16O. The summed E-state index contributed by atoms with van der Waals surface area (Å²) < 4.78 is 5.94. The van der Waals surface area contributed by atoms with Crippen molar-refractivity contribution in [1.29, 1.82) is 0 Å². The van der Waals surface area contributed by atoms with E-state index in [4.69, 9.17) is 4.42 Å². The Hall–Kier alpha value is -2.54. The molecule has 0 saturated carbocycles. The first kappa shape index (κ1) is 12.2. The second-order valence-corrected chi connectivity index (χ2v) is 5.68. The zero-order valence-electron chi connectivity index (χ0n) is 12.2. The molecule has 0 fully saturated rings. The molecule has 1 heteroatoms. The Kier molecular flexibility index (Phi) is 2.61. The molecule has 1 aromatic heterocycles. The van der Waals surface area contributed by atoms with E-state index in [0.717, 1.165) is 11.2 Å². The molecule has 0 atom stereocenters. The molecular weight excluding hydrogens is 256 g/mol. The van der Waals surface area contributed by atoms with Crippen LogP contribution in [0.1, 0.15) is 11.1 Å². The lowest BCUT2D eigenvalue weighted by molar-refractivity contribution is 0.668. The fourth-order valence-corrected chi connectivity index (χ4v) is 2.81. The lowest BCUT2D eigenvalue weighted by atomic mass is 10.0. The van der Waals surface area contributed by atoms with Gasteiger partial charge in [-0.05, 0) is 48.7 Å². The summed E-state index contributed by atoms with van der Waals surface area (Å²) in [5, 5.41) is 2.37. The summed E-state index contributed by atoms with van der Waals surface area (Å²) in [6, 6.07) is 21.4. The number of furan rings is 1. The third kappa shape index (κ3) is 2.02. The van der Waals surface area contributed by atoms with Crippen LogP contribution in [0.15, 0.2) is 65.1 Å². The smallest absolute Gasteiger partial charge is 0.135 e. The van der Waals surface area contributed by atoms with Gasteiger partial charge in [-0.15, -0.1) is 0 Å². The van der Waals surface area contributed by atoms with Gasteiger partial charge in [0.25, 0.3) is 0 Å². The van der Waals surface area contributed by atoms with Gasteiger partial charge in [0, 0.05) is 10.8 Å². The van der Waals surface area contributed by atoms with Crippen LogP contribution in [0.4, 0.5) is 0 Å². The highest BCUT2D eigenvalue weighted by Crippen LogP contribution is 2.32. The van der Waals surface area contributed by atoms with Crippen LogP contribution in [0.2, 0.25) is 0 Å². The van der Waals surface area contributed by atoms with E-state index in [1.807, 2.05) is 0 Å². The molecule has 0 aliphatic heterocycles. The topological polar surface area (TPSA) is 13.1 Å².